The molecule has 0 unspecified atom stereocenters. The van der Waals surface area contributed by atoms with E-state index in [-0.39, 0.29) is 40.6 Å². The number of amides is 1. The topological polar surface area (TPSA) is 103 Å². The molecule has 3 aromatic rings. The number of methoxy groups -OCH3 is 1. The van der Waals surface area contributed by atoms with E-state index in [0.29, 0.717) is 36.0 Å². The molecule has 276 valence electrons. The fourth-order valence-electron chi connectivity index (χ4n) is 9.13. The largest absolute Gasteiger partial charge is 0.490 e. The van der Waals surface area contributed by atoms with Crippen LogP contribution >= 0.6 is 11.6 Å². The Labute approximate surface area is 312 Å². The summed E-state index contributed by atoms with van der Waals surface area (Å²) in [6.45, 7) is 4.06. The Hall–Kier alpha value is -3.47. The first-order valence-electron chi connectivity index (χ1n) is 18.9. The smallest absolute Gasteiger partial charge is 0.285 e. The Kier molecular flexibility index (Phi) is 9.62. The van der Waals surface area contributed by atoms with E-state index in [9.17, 15) is 13.8 Å². The third kappa shape index (κ3) is 6.98. The van der Waals surface area contributed by atoms with Crippen molar-refractivity contribution in [3.05, 3.63) is 87.7 Å². The zero-order chi connectivity index (χ0) is 36.2. The van der Waals surface area contributed by atoms with Crippen molar-refractivity contribution in [3.8, 4) is 5.75 Å². The van der Waals surface area contributed by atoms with E-state index in [2.05, 4.69) is 38.6 Å². The van der Waals surface area contributed by atoms with Gasteiger partial charge in [0.15, 0.2) is 5.78 Å². The Morgan fingerprint density at radius 1 is 1.15 bits per heavy atom. The lowest BCUT2D eigenvalue weighted by atomic mass is 9.68. The lowest BCUT2D eigenvalue weighted by Gasteiger charge is -2.46. The highest BCUT2D eigenvalue weighted by Crippen LogP contribution is 2.47. The van der Waals surface area contributed by atoms with Gasteiger partial charge in [0.2, 0.25) is 0 Å². The van der Waals surface area contributed by atoms with Crippen LogP contribution in [0.5, 0.6) is 5.75 Å². The summed E-state index contributed by atoms with van der Waals surface area (Å²) in [6, 6.07) is 11.7. The maximum absolute atomic E-state index is 14.8. The number of fused-ring (bicyclic) bond motifs is 4. The van der Waals surface area contributed by atoms with Crippen molar-refractivity contribution in [2.24, 2.45) is 29.2 Å². The van der Waals surface area contributed by atoms with Crippen molar-refractivity contribution < 1.29 is 23.3 Å². The van der Waals surface area contributed by atoms with Crippen molar-refractivity contribution in [3.63, 3.8) is 0 Å². The summed E-state index contributed by atoms with van der Waals surface area (Å²) in [5, 5.41) is 5.30. The number of anilines is 1. The molecule has 9 nitrogen and oxygen atoms in total. The van der Waals surface area contributed by atoms with Gasteiger partial charge in [-0.25, -0.2) is 4.21 Å². The van der Waals surface area contributed by atoms with Crippen LogP contribution in [0.25, 0.3) is 0 Å². The molecule has 0 N–H and O–H groups in total. The molecule has 52 heavy (non-hydrogen) atoms. The summed E-state index contributed by atoms with van der Waals surface area (Å²) in [6.07, 6.45) is 13.8. The number of carbonyl (C=O) groups is 2. The van der Waals surface area contributed by atoms with Crippen LogP contribution in [0.2, 0.25) is 5.02 Å². The molecule has 11 heteroatoms. The third-order valence-electron chi connectivity index (χ3n) is 12.0. The molecule has 3 aliphatic carbocycles. The van der Waals surface area contributed by atoms with Crippen LogP contribution in [-0.2, 0) is 33.3 Å². The van der Waals surface area contributed by atoms with E-state index in [4.69, 9.17) is 21.1 Å². The molecule has 2 aliphatic heterocycles. The van der Waals surface area contributed by atoms with Crippen LogP contribution in [0.3, 0.4) is 0 Å². The van der Waals surface area contributed by atoms with E-state index in [0.717, 1.165) is 80.2 Å². The first-order valence-corrected chi connectivity index (χ1v) is 21.1. The van der Waals surface area contributed by atoms with Gasteiger partial charge >= 0.3 is 0 Å². The van der Waals surface area contributed by atoms with Crippen LogP contribution < -0.4 is 9.64 Å². The minimum Gasteiger partial charge on any atom is -0.490 e. The summed E-state index contributed by atoms with van der Waals surface area (Å²) >= 11 is 6.47. The fraction of sp³-hybridized carbons (Fsp3) is 0.537. The molecule has 2 fully saturated rings. The number of hydrogen-bond acceptors (Lipinski definition) is 7. The van der Waals surface area contributed by atoms with E-state index in [1.54, 1.807) is 31.1 Å². The van der Waals surface area contributed by atoms with Crippen LogP contribution in [0.1, 0.15) is 95.3 Å². The van der Waals surface area contributed by atoms with Crippen molar-refractivity contribution in [1.29, 1.82) is 0 Å². The van der Waals surface area contributed by atoms with Crippen molar-refractivity contribution in [2.45, 2.75) is 75.7 Å². The molecule has 1 aromatic heterocycles. The molecule has 2 bridgehead atoms. The lowest BCUT2D eigenvalue weighted by Crippen LogP contribution is -2.49. The Morgan fingerprint density at radius 2 is 2.00 bits per heavy atom. The van der Waals surface area contributed by atoms with Crippen molar-refractivity contribution in [1.82, 2.24) is 9.78 Å². The zero-order valence-corrected chi connectivity index (χ0v) is 32.0. The number of Topliss-reactive ketones (excluding diaryl/α,β-unsaturated/α-hetero) is 1. The molecule has 3 heterocycles. The number of hydrogen-bond donors (Lipinski definition) is 0. The van der Waals surface area contributed by atoms with Crippen molar-refractivity contribution in [2.75, 3.05) is 43.2 Å². The molecule has 0 radical (unpaired) electrons. The second-order valence-corrected chi connectivity index (χ2v) is 18.8. The maximum Gasteiger partial charge on any atom is 0.285 e. The number of ketones is 1. The quantitative estimate of drug-likeness (QED) is 0.196. The highest BCUT2D eigenvalue weighted by molar-refractivity contribution is 7.94. The lowest BCUT2D eigenvalue weighted by molar-refractivity contribution is 0.0131. The highest BCUT2D eigenvalue weighted by Gasteiger charge is 2.44. The van der Waals surface area contributed by atoms with E-state index >= 15 is 0 Å². The van der Waals surface area contributed by atoms with Crippen LogP contribution in [0.4, 0.5) is 5.69 Å². The summed E-state index contributed by atoms with van der Waals surface area (Å²) < 4.78 is 33.7. The average molecular weight is 745 g/mol. The van der Waals surface area contributed by atoms with Crippen LogP contribution in [-0.4, -0.2) is 70.1 Å². The molecule has 6 atom stereocenters. The Morgan fingerprint density at radius 3 is 2.77 bits per heavy atom. The maximum atomic E-state index is 14.8. The minimum absolute atomic E-state index is 0.0389. The Balaban J connectivity index is 1.19. The number of ether oxygens (including phenoxy) is 2. The molecular formula is C41H49ClN4O5S. The molecule has 0 saturated heterocycles. The molecule has 1 spiro atoms. The van der Waals surface area contributed by atoms with Gasteiger partial charge < -0.3 is 14.4 Å². The normalized spacial score (nSPS) is 31.0. The molecule has 8 rings (SSSR count). The van der Waals surface area contributed by atoms with Gasteiger partial charge in [-0.2, -0.15) is 9.46 Å². The van der Waals surface area contributed by atoms with E-state index < -0.39 is 15.6 Å². The van der Waals surface area contributed by atoms with E-state index in [1.165, 1.54) is 11.1 Å². The minimum atomic E-state index is -3.29. The molecule has 5 aliphatic rings. The van der Waals surface area contributed by atoms with E-state index in [1.807, 2.05) is 25.1 Å². The summed E-state index contributed by atoms with van der Waals surface area (Å²) in [5.74, 6) is 0.622. The fourth-order valence-corrected chi connectivity index (χ4v) is 11.6. The highest BCUT2D eigenvalue weighted by atomic mass is 35.5. The molecular weight excluding hydrogens is 696 g/mol. The average Bonchev–Trinajstić information content (AvgIpc) is 3.89. The predicted octanol–water partition coefficient (Wildman–Crippen LogP) is 7.55. The zero-order valence-electron chi connectivity index (χ0n) is 30.4. The summed E-state index contributed by atoms with van der Waals surface area (Å²) in [4.78, 5) is 30.4. The van der Waals surface area contributed by atoms with Gasteiger partial charge in [-0.3, -0.25) is 14.3 Å². The standard InChI is InChI=1S/C41H49ClN4O5S/c1-26-6-4-8-37(50-3)32-14-11-30(32)20-46-24-41(17-5-7-28-18-31(42)13-15-34(28)41)25-51-38-16-12-29(19-35(38)46)40(48)44-52(49,22-26)23-36(47)33-21-45(2)43-39(33)27-9-10-27/h4,8,12-13,15-16,18-19,21,26-27,30,32,37H,5-7,9-11,14,17,20,22-25H2,1-3H3/b8-4+/t26-,30-,32+,37-,41-,52+/m0/s1. The number of rotatable bonds is 5. The second kappa shape index (κ2) is 14.1. The second-order valence-electron chi connectivity index (χ2n) is 16.0. The molecule has 1 amide bonds. The van der Waals surface area contributed by atoms with Gasteiger partial charge in [0.05, 0.1) is 45.1 Å². The number of benzene rings is 2. The van der Waals surface area contributed by atoms with Gasteiger partial charge in [-0.15, -0.1) is 0 Å². The van der Waals surface area contributed by atoms with Gasteiger partial charge in [-0.1, -0.05) is 36.7 Å². The number of carbonyl (C=O) groups excluding carboxylic acids is 2. The molecule has 2 aromatic carbocycles. The van der Waals surface area contributed by atoms with Gasteiger partial charge in [0.25, 0.3) is 5.91 Å². The number of aryl methyl sites for hydroxylation is 2. The number of allylic oxidation sites excluding steroid dienone is 1. The number of nitrogens with zero attached hydrogens (tertiary/aromatic N) is 4. The first kappa shape index (κ1) is 35.6. The molecule has 2 saturated carbocycles. The number of halogens is 1. The van der Waals surface area contributed by atoms with Crippen LogP contribution in [0, 0.1) is 17.8 Å². The van der Waals surface area contributed by atoms with Crippen LogP contribution in [0.15, 0.2) is 59.1 Å². The van der Waals surface area contributed by atoms with Gasteiger partial charge in [0.1, 0.15) is 5.75 Å². The van der Waals surface area contributed by atoms with Crippen molar-refractivity contribution >= 4 is 38.7 Å². The summed E-state index contributed by atoms with van der Waals surface area (Å²) in [7, 11) is 0.294. The monoisotopic (exact) mass is 744 g/mol. The van der Waals surface area contributed by atoms with Gasteiger partial charge in [0, 0.05) is 61.1 Å². The Bertz CT molecular complexity index is 2050. The third-order valence-corrected chi connectivity index (χ3v) is 14.6. The van der Waals surface area contributed by atoms with Gasteiger partial charge in [-0.05, 0) is 111 Å². The SMILES string of the molecule is CO[C@H]1/C=C/C[C@H](C)C[S@@](=O)(CC(=O)c2cn(C)nc2C2CC2)=NC(=O)c2ccc3c(c2)N(C[C@@H]2CC[C@H]21)C[C@@]1(CCCc2cc(Cl)ccc21)CO3. The number of aromatic nitrogens is 2. The summed E-state index contributed by atoms with van der Waals surface area (Å²) in [5.41, 5.74) is 4.76. The predicted molar refractivity (Wildman–Crippen MR) is 204 cm³/mol. The first-order chi connectivity index (χ1) is 25.0.